The van der Waals surface area contributed by atoms with Crippen LogP contribution in [-0.4, -0.2) is 41.7 Å². The van der Waals surface area contributed by atoms with Crippen molar-refractivity contribution < 1.29 is 14.6 Å². The highest BCUT2D eigenvalue weighted by Crippen LogP contribution is 2.17. The summed E-state index contributed by atoms with van der Waals surface area (Å²) in [6.45, 7) is 1.07. The second kappa shape index (κ2) is 6.07. The summed E-state index contributed by atoms with van der Waals surface area (Å²) in [5.41, 5.74) is 0. The third-order valence-corrected chi connectivity index (χ3v) is 3.14. The molecule has 1 fully saturated rings. The summed E-state index contributed by atoms with van der Waals surface area (Å²) in [6.07, 6.45) is 1.19. The minimum absolute atomic E-state index is 0.0208. The number of carbonyl (C=O) groups is 1. The van der Waals surface area contributed by atoms with Crippen LogP contribution < -0.4 is 4.74 Å². The van der Waals surface area contributed by atoms with E-state index < -0.39 is 6.10 Å². The molecule has 4 nitrogen and oxygen atoms in total. The summed E-state index contributed by atoms with van der Waals surface area (Å²) < 4.78 is 5.38. The molecule has 0 spiro atoms. The van der Waals surface area contributed by atoms with Crippen molar-refractivity contribution in [3.63, 3.8) is 0 Å². The van der Waals surface area contributed by atoms with E-state index in [1.165, 1.54) is 0 Å². The number of hydrogen-bond acceptors (Lipinski definition) is 3. The number of β-amino-alcohol motifs (C(OH)–C–C–N with tert-alkyl or cyclic N) is 1. The summed E-state index contributed by atoms with van der Waals surface area (Å²) in [7, 11) is 0. The van der Waals surface area contributed by atoms with Gasteiger partial charge in [-0.15, -0.1) is 0 Å². The molecule has 2 rings (SSSR count). The maximum absolute atomic E-state index is 11.9. The fourth-order valence-corrected chi connectivity index (χ4v) is 2.15. The number of benzene rings is 1. The van der Waals surface area contributed by atoms with Crippen LogP contribution in [0.15, 0.2) is 24.3 Å². The predicted molar refractivity (Wildman–Crippen MR) is 68.8 cm³/mol. The molecule has 1 aromatic rings. The summed E-state index contributed by atoms with van der Waals surface area (Å²) in [4.78, 5) is 13.5. The Bertz CT molecular complexity index is 424. The molecule has 1 saturated heterocycles. The van der Waals surface area contributed by atoms with Crippen LogP contribution in [0.4, 0.5) is 0 Å². The Balaban J connectivity index is 1.84. The molecule has 1 N–H and O–H groups in total. The second-order valence-corrected chi connectivity index (χ2v) is 4.82. The Morgan fingerprint density at radius 1 is 1.56 bits per heavy atom. The van der Waals surface area contributed by atoms with E-state index in [0.717, 1.165) is 12.8 Å². The molecule has 1 atom stereocenters. The van der Waals surface area contributed by atoms with Crippen molar-refractivity contribution in [3.8, 4) is 5.75 Å². The first-order valence-corrected chi connectivity index (χ1v) is 6.37. The lowest BCUT2D eigenvalue weighted by Crippen LogP contribution is -2.44. The molecule has 0 radical (unpaired) electrons. The number of piperidine rings is 1. The van der Waals surface area contributed by atoms with Crippen molar-refractivity contribution >= 4 is 17.5 Å². The Morgan fingerprint density at radius 3 is 3.11 bits per heavy atom. The van der Waals surface area contributed by atoms with Crippen LogP contribution in [0.2, 0.25) is 5.02 Å². The highest BCUT2D eigenvalue weighted by Gasteiger charge is 2.22. The molecular formula is C13H16ClNO3. The van der Waals surface area contributed by atoms with Gasteiger partial charge >= 0.3 is 0 Å². The van der Waals surface area contributed by atoms with E-state index in [0.29, 0.717) is 23.9 Å². The number of hydrogen-bond donors (Lipinski definition) is 1. The lowest BCUT2D eigenvalue weighted by molar-refractivity contribution is -0.136. The molecule has 0 aromatic heterocycles. The lowest BCUT2D eigenvalue weighted by atomic mass is 10.1. The summed E-state index contributed by atoms with van der Waals surface area (Å²) in [5, 5.41) is 10.1. The van der Waals surface area contributed by atoms with Crippen LogP contribution in [0.1, 0.15) is 12.8 Å². The van der Waals surface area contributed by atoms with Gasteiger partial charge in [0, 0.05) is 18.1 Å². The van der Waals surface area contributed by atoms with Crippen molar-refractivity contribution in [2.45, 2.75) is 18.9 Å². The molecule has 0 unspecified atom stereocenters. The number of amides is 1. The van der Waals surface area contributed by atoms with Crippen LogP contribution in [0.25, 0.3) is 0 Å². The van der Waals surface area contributed by atoms with E-state index in [1.807, 2.05) is 0 Å². The van der Waals surface area contributed by atoms with E-state index in [1.54, 1.807) is 29.2 Å². The van der Waals surface area contributed by atoms with Crippen LogP contribution in [0.3, 0.4) is 0 Å². The van der Waals surface area contributed by atoms with E-state index in [2.05, 4.69) is 0 Å². The number of nitrogens with zero attached hydrogens (tertiary/aromatic N) is 1. The number of likely N-dealkylation sites (tertiary alicyclic amines) is 1. The zero-order valence-corrected chi connectivity index (χ0v) is 10.8. The summed E-state index contributed by atoms with van der Waals surface area (Å²) in [5.74, 6) is 0.474. The monoisotopic (exact) mass is 269 g/mol. The minimum atomic E-state index is -0.408. The van der Waals surface area contributed by atoms with Crippen molar-refractivity contribution in [1.82, 2.24) is 4.90 Å². The van der Waals surface area contributed by atoms with Gasteiger partial charge in [-0.2, -0.15) is 0 Å². The fraction of sp³-hybridized carbons (Fsp3) is 0.462. The highest BCUT2D eigenvalue weighted by molar-refractivity contribution is 6.30. The number of halogens is 1. The second-order valence-electron chi connectivity index (χ2n) is 4.38. The molecule has 5 heteroatoms. The van der Waals surface area contributed by atoms with Gasteiger partial charge in [0.25, 0.3) is 5.91 Å². The van der Waals surface area contributed by atoms with Gasteiger partial charge in [0.05, 0.1) is 6.10 Å². The molecule has 98 valence electrons. The van der Waals surface area contributed by atoms with E-state index >= 15 is 0 Å². The van der Waals surface area contributed by atoms with E-state index in [-0.39, 0.29) is 12.5 Å². The minimum Gasteiger partial charge on any atom is -0.484 e. The quantitative estimate of drug-likeness (QED) is 0.909. The van der Waals surface area contributed by atoms with Crippen LogP contribution in [-0.2, 0) is 4.79 Å². The average Bonchev–Trinajstić information content (AvgIpc) is 2.36. The Kier molecular flexibility index (Phi) is 4.44. The molecule has 1 amide bonds. The lowest BCUT2D eigenvalue weighted by Gasteiger charge is -2.30. The first-order valence-electron chi connectivity index (χ1n) is 5.99. The van der Waals surface area contributed by atoms with Gasteiger partial charge in [0.1, 0.15) is 5.75 Å². The SMILES string of the molecule is O=C(COc1cccc(Cl)c1)N1CCC[C@H](O)C1. The first kappa shape index (κ1) is 13.2. The van der Waals surface area contributed by atoms with Crippen LogP contribution in [0, 0.1) is 0 Å². The first-order chi connectivity index (χ1) is 8.65. The maximum Gasteiger partial charge on any atom is 0.260 e. The smallest absolute Gasteiger partial charge is 0.260 e. The van der Waals surface area contributed by atoms with Crippen molar-refractivity contribution in [2.75, 3.05) is 19.7 Å². The topological polar surface area (TPSA) is 49.8 Å². The molecular weight excluding hydrogens is 254 g/mol. The van der Waals surface area contributed by atoms with Gasteiger partial charge in [-0.3, -0.25) is 4.79 Å². The molecule has 1 aliphatic rings. The number of ether oxygens (including phenoxy) is 1. The normalized spacial score (nSPS) is 19.7. The zero-order chi connectivity index (χ0) is 13.0. The Labute approximate surface area is 111 Å². The molecule has 0 saturated carbocycles. The average molecular weight is 270 g/mol. The predicted octanol–water partition coefficient (Wildman–Crippen LogP) is 1.70. The standard InChI is InChI=1S/C13H16ClNO3/c14-10-3-1-5-12(7-10)18-9-13(17)15-6-2-4-11(16)8-15/h1,3,5,7,11,16H,2,4,6,8-9H2/t11-/m0/s1. The van der Waals surface area contributed by atoms with Crippen LogP contribution >= 0.6 is 11.6 Å². The van der Waals surface area contributed by atoms with Gasteiger partial charge in [0.2, 0.25) is 0 Å². The van der Waals surface area contributed by atoms with Crippen molar-refractivity contribution in [2.24, 2.45) is 0 Å². The van der Waals surface area contributed by atoms with Gasteiger partial charge in [0.15, 0.2) is 6.61 Å². The molecule has 1 aliphatic heterocycles. The summed E-state index contributed by atoms with van der Waals surface area (Å²) in [6, 6.07) is 6.94. The molecule has 1 aromatic carbocycles. The van der Waals surface area contributed by atoms with Crippen molar-refractivity contribution in [3.05, 3.63) is 29.3 Å². The van der Waals surface area contributed by atoms with E-state index in [4.69, 9.17) is 16.3 Å². The van der Waals surface area contributed by atoms with Crippen LogP contribution in [0.5, 0.6) is 5.75 Å². The van der Waals surface area contributed by atoms with Gasteiger partial charge < -0.3 is 14.7 Å². The van der Waals surface area contributed by atoms with E-state index in [9.17, 15) is 9.90 Å². The molecule has 1 heterocycles. The van der Waals surface area contributed by atoms with Gasteiger partial charge in [-0.05, 0) is 31.0 Å². The third kappa shape index (κ3) is 3.62. The van der Waals surface area contributed by atoms with Crippen molar-refractivity contribution in [1.29, 1.82) is 0 Å². The number of aliphatic hydroxyl groups excluding tert-OH is 1. The third-order valence-electron chi connectivity index (χ3n) is 2.91. The zero-order valence-electron chi connectivity index (χ0n) is 10.0. The number of aliphatic hydroxyl groups is 1. The number of carbonyl (C=O) groups excluding carboxylic acids is 1. The Hall–Kier alpha value is -1.26. The highest BCUT2D eigenvalue weighted by atomic mass is 35.5. The largest absolute Gasteiger partial charge is 0.484 e. The molecule has 0 aliphatic carbocycles. The maximum atomic E-state index is 11.9. The fourth-order valence-electron chi connectivity index (χ4n) is 1.97. The summed E-state index contributed by atoms with van der Waals surface area (Å²) >= 11 is 5.82. The van der Waals surface area contributed by atoms with Gasteiger partial charge in [-0.1, -0.05) is 17.7 Å². The van der Waals surface area contributed by atoms with Gasteiger partial charge in [-0.25, -0.2) is 0 Å². The number of rotatable bonds is 3. The molecule has 18 heavy (non-hydrogen) atoms. The Morgan fingerprint density at radius 2 is 2.39 bits per heavy atom. The molecule has 0 bridgehead atoms.